The second-order valence-corrected chi connectivity index (χ2v) is 2.92. The maximum atomic E-state index is 10.5. The number of ketones is 1. The molecule has 8 heteroatoms. The molecule has 8 nitrogen and oxygen atoms in total. The van der Waals surface area contributed by atoms with Crippen molar-refractivity contribution >= 4 is 11.7 Å². The maximum Gasteiger partial charge on any atom is 0.240 e. The number of nitrogens with two attached hydrogens (primary N) is 1. The average molecular weight is 251 g/mol. The first-order chi connectivity index (χ1) is 7.81. The minimum absolute atomic E-state index is 0.481. The molecule has 0 aromatic heterocycles. The van der Waals surface area contributed by atoms with Crippen molar-refractivity contribution in [2.45, 2.75) is 18.3 Å². The van der Waals surface area contributed by atoms with E-state index in [4.69, 9.17) is 25.5 Å². The second-order valence-electron chi connectivity index (χ2n) is 2.92. The Bertz CT molecular complexity index is 256. The summed E-state index contributed by atoms with van der Waals surface area (Å²) in [6.07, 6.45) is -4.16. The van der Waals surface area contributed by atoms with Crippen molar-refractivity contribution in [3.05, 3.63) is 12.7 Å². The number of amides is 1. The van der Waals surface area contributed by atoms with E-state index < -0.39 is 43.2 Å². The van der Waals surface area contributed by atoms with Gasteiger partial charge in [-0.05, 0) is 6.08 Å². The fourth-order valence-corrected chi connectivity index (χ4v) is 0.602. The first kappa shape index (κ1) is 18.1. The molecule has 0 saturated heterocycles. The molecule has 3 atom stereocenters. The summed E-state index contributed by atoms with van der Waals surface area (Å²) in [6, 6.07) is 0. The highest BCUT2D eigenvalue weighted by Gasteiger charge is 2.28. The third-order valence-electron chi connectivity index (χ3n) is 1.59. The summed E-state index contributed by atoms with van der Waals surface area (Å²) in [4.78, 5) is 20.0. The lowest BCUT2D eigenvalue weighted by molar-refractivity contribution is -0.142. The van der Waals surface area contributed by atoms with Gasteiger partial charge in [-0.15, -0.1) is 0 Å². The summed E-state index contributed by atoms with van der Waals surface area (Å²) in [5.74, 6) is -1.49. The van der Waals surface area contributed by atoms with E-state index >= 15 is 0 Å². The van der Waals surface area contributed by atoms with Crippen molar-refractivity contribution in [3.63, 3.8) is 0 Å². The Morgan fingerprint density at radius 2 is 1.65 bits per heavy atom. The van der Waals surface area contributed by atoms with Gasteiger partial charge in [0.1, 0.15) is 24.9 Å². The van der Waals surface area contributed by atoms with Gasteiger partial charge in [0, 0.05) is 0 Å². The summed E-state index contributed by atoms with van der Waals surface area (Å²) < 4.78 is 0. The smallest absolute Gasteiger partial charge is 0.240 e. The van der Waals surface area contributed by atoms with Crippen molar-refractivity contribution in [1.29, 1.82) is 0 Å². The Kier molecular flexibility index (Phi) is 10.5. The van der Waals surface area contributed by atoms with E-state index in [1.165, 1.54) is 0 Å². The summed E-state index contributed by atoms with van der Waals surface area (Å²) in [5, 5.41) is 43.1. The topological polar surface area (TPSA) is 161 Å². The Morgan fingerprint density at radius 1 is 1.24 bits per heavy atom. The van der Waals surface area contributed by atoms with E-state index in [1.807, 2.05) is 0 Å². The van der Waals surface area contributed by atoms with Crippen LogP contribution in [-0.2, 0) is 9.59 Å². The monoisotopic (exact) mass is 251 g/mol. The van der Waals surface area contributed by atoms with Crippen LogP contribution < -0.4 is 5.73 Å². The average Bonchev–Trinajstić information content (AvgIpc) is 2.35. The molecule has 0 rings (SSSR count). The van der Waals surface area contributed by atoms with E-state index in [0.717, 1.165) is 6.08 Å². The molecule has 100 valence electrons. The van der Waals surface area contributed by atoms with Crippen LogP contribution in [0.3, 0.4) is 0 Å². The third kappa shape index (κ3) is 8.48. The van der Waals surface area contributed by atoms with E-state index in [0.29, 0.717) is 0 Å². The molecule has 0 heterocycles. The Hall–Kier alpha value is -1.32. The number of rotatable bonds is 6. The van der Waals surface area contributed by atoms with E-state index in [9.17, 15) is 9.59 Å². The molecule has 7 N–H and O–H groups in total. The van der Waals surface area contributed by atoms with Gasteiger partial charge in [-0.2, -0.15) is 0 Å². The molecule has 3 unspecified atom stereocenters. The molecule has 0 aromatic rings. The van der Waals surface area contributed by atoms with Crippen molar-refractivity contribution in [2.75, 3.05) is 13.2 Å². The zero-order valence-electron chi connectivity index (χ0n) is 9.06. The van der Waals surface area contributed by atoms with Crippen LogP contribution in [0.1, 0.15) is 0 Å². The summed E-state index contributed by atoms with van der Waals surface area (Å²) in [7, 11) is 0. The number of aliphatic hydroxyl groups excluding tert-OH is 5. The van der Waals surface area contributed by atoms with Crippen molar-refractivity contribution < 1.29 is 35.1 Å². The zero-order valence-corrected chi connectivity index (χ0v) is 9.06. The summed E-state index contributed by atoms with van der Waals surface area (Å²) >= 11 is 0. The number of aliphatic hydroxyl groups is 5. The molecule has 0 saturated carbocycles. The van der Waals surface area contributed by atoms with Gasteiger partial charge in [0.25, 0.3) is 0 Å². The number of hydrogen-bond donors (Lipinski definition) is 6. The van der Waals surface area contributed by atoms with Gasteiger partial charge in [0.05, 0.1) is 6.61 Å². The van der Waals surface area contributed by atoms with Gasteiger partial charge < -0.3 is 31.3 Å². The van der Waals surface area contributed by atoms with Crippen molar-refractivity contribution in [2.24, 2.45) is 5.73 Å². The molecule has 17 heavy (non-hydrogen) atoms. The Labute approximate surface area is 97.6 Å². The number of hydrogen-bond acceptors (Lipinski definition) is 7. The summed E-state index contributed by atoms with van der Waals surface area (Å²) in [5.41, 5.74) is 4.53. The van der Waals surface area contributed by atoms with Crippen LogP contribution in [0.4, 0.5) is 0 Å². The molecule has 0 fully saturated rings. The van der Waals surface area contributed by atoms with Gasteiger partial charge in [-0.25, -0.2) is 0 Å². The van der Waals surface area contributed by atoms with Gasteiger partial charge in [-0.3, -0.25) is 9.59 Å². The van der Waals surface area contributed by atoms with Crippen LogP contribution in [0.2, 0.25) is 0 Å². The SMILES string of the molecule is C=CC(N)=O.O=C(CO)C(O)C(O)C(O)CO. The van der Waals surface area contributed by atoms with Crippen LogP contribution in [0.15, 0.2) is 12.7 Å². The maximum absolute atomic E-state index is 10.5. The quantitative estimate of drug-likeness (QED) is 0.264. The lowest BCUT2D eigenvalue weighted by atomic mass is 10.1. The molecular formula is C9H17NO7. The molecular weight excluding hydrogens is 234 g/mol. The van der Waals surface area contributed by atoms with Crippen LogP contribution in [0.5, 0.6) is 0 Å². The lowest BCUT2D eigenvalue weighted by Crippen LogP contribution is -2.44. The molecule has 0 aromatic carbocycles. The normalized spacial score (nSPS) is 14.9. The highest BCUT2D eigenvalue weighted by molar-refractivity contribution is 5.85. The number of primary amides is 1. The largest absolute Gasteiger partial charge is 0.394 e. The summed E-state index contributed by atoms with van der Waals surface area (Å²) in [6.45, 7) is 1.40. The van der Waals surface area contributed by atoms with Gasteiger partial charge in [-0.1, -0.05) is 6.58 Å². The molecule has 0 radical (unpaired) electrons. The number of Topliss-reactive ketones (excluding diaryl/α,β-unsaturated/α-hetero) is 1. The predicted octanol–water partition coefficient (Wildman–Crippen LogP) is -3.72. The van der Waals surface area contributed by atoms with Gasteiger partial charge >= 0.3 is 0 Å². The molecule has 0 bridgehead atoms. The minimum Gasteiger partial charge on any atom is -0.394 e. The highest BCUT2D eigenvalue weighted by Crippen LogP contribution is 2.00. The minimum atomic E-state index is -1.86. The van der Waals surface area contributed by atoms with Crippen LogP contribution >= 0.6 is 0 Å². The van der Waals surface area contributed by atoms with E-state index in [1.54, 1.807) is 0 Å². The van der Waals surface area contributed by atoms with E-state index in [-0.39, 0.29) is 0 Å². The van der Waals surface area contributed by atoms with Crippen molar-refractivity contribution in [3.8, 4) is 0 Å². The Balaban J connectivity index is 0. The number of carbonyl (C=O) groups is 2. The first-order valence-corrected chi connectivity index (χ1v) is 4.52. The third-order valence-corrected chi connectivity index (χ3v) is 1.59. The lowest BCUT2D eigenvalue weighted by Gasteiger charge is -2.19. The molecule has 1 amide bonds. The second kappa shape index (κ2) is 9.87. The standard InChI is InChI=1S/C6H12O6.C3H5NO/c7-1-3(9)5(11)6(12)4(10)2-8;1-2-3(4)5/h3,5-9,11-12H,1-2H2;2H,1H2,(H2,4,5). The van der Waals surface area contributed by atoms with Crippen LogP contribution in [0.25, 0.3) is 0 Å². The Morgan fingerprint density at radius 3 is 1.88 bits per heavy atom. The zero-order chi connectivity index (χ0) is 14.0. The number of carbonyl (C=O) groups excluding carboxylic acids is 2. The van der Waals surface area contributed by atoms with Gasteiger partial charge in [0.15, 0.2) is 5.78 Å². The molecule has 0 aliphatic heterocycles. The van der Waals surface area contributed by atoms with Crippen LogP contribution in [-0.4, -0.2) is 68.7 Å². The molecule has 0 aliphatic rings. The van der Waals surface area contributed by atoms with E-state index in [2.05, 4.69) is 12.3 Å². The first-order valence-electron chi connectivity index (χ1n) is 4.52. The highest BCUT2D eigenvalue weighted by atomic mass is 16.4. The van der Waals surface area contributed by atoms with Crippen molar-refractivity contribution in [1.82, 2.24) is 0 Å². The van der Waals surface area contributed by atoms with Crippen LogP contribution in [0, 0.1) is 0 Å². The fraction of sp³-hybridized carbons (Fsp3) is 0.556. The molecule has 0 aliphatic carbocycles. The predicted molar refractivity (Wildman–Crippen MR) is 56.6 cm³/mol. The fourth-order valence-electron chi connectivity index (χ4n) is 0.602. The molecule has 0 spiro atoms. The van der Waals surface area contributed by atoms with Gasteiger partial charge in [0.2, 0.25) is 5.91 Å².